The Balaban J connectivity index is 2.08. The minimum absolute atomic E-state index is 0.127. The molecule has 1 N–H and O–H groups in total. The molecule has 0 spiro atoms. The summed E-state index contributed by atoms with van der Waals surface area (Å²) in [4.78, 5) is 0. The second-order valence-electron chi connectivity index (χ2n) is 5.64. The third-order valence-electron chi connectivity index (χ3n) is 3.24. The first-order valence-corrected chi connectivity index (χ1v) is 7.23. The minimum atomic E-state index is -0.127. The zero-order valence-corrected chi connectivity index (χ0v) is 11.5. The molecule has 1 heterocycles. The van der Waals surface area contributed by atoms with Crippen molar-refractivity contribution < 1.29 is 4.39 Å². The number of hydrogen-bond acceptors (Lipinski definition) is 2. The normalized spacial score (nSPS) is 23.4. The molecule has 0 radical (unpaired) electrons. The van der Waals surface area contributed by atoms with Gasteiger partial charge in [-0.25, -0.2) is 4.39 Å². The number of rotatable bonds is 2. The van der Waals surface area contributed by atoms with E-state index in [1.165, 1.54) is 11.8 Å². The maximum atomic E-state index is 13.4. The molecule has 1 atom stereocenters. The van der Waals surface area contributed by atoms with Crippen molar-refractivity contribution in [2.75, 3.05) is 16.8 Å². The average molecular weight is 253 g/mol. The summed E-state index contributed by atoms with van der Waals surface area (Å²) in [6.45, 7) is 6.43. The van der Waals surface area contributed by atoms with E-state index in [9.17, 15) is 4.39 Å². The Hall–Kier alpha value is -0.700. The summed E-state index contributed by atoms with van der Waals surface area (Å²) in [5.41, 5.74) is 2.04. The van der Waals surface area contributed by atoms with Crippen LogP contribution < -0.4 is 5.32 Å². The summed E-state index contributed by atoms with van der Waals surface area (Å²) in [5.74, 6) is 2.20. The summed E-state index contributed by atoms with van der Waals surface area (Å²) in [6.07, 6.45) is 1.15. The number of anilines is 1. The van der Waals surface area contributed by atoms with Gasteiger partial charge >= 0.3 is 0 Å². The Bertz CT molecular complexity index is 403. The van der Waals surface area contributed by atoms with E-state index in [4.69, 9.17) is 0 Å². The Kier molecular flexibility index (Phi) is 3.67. The molecule has 1 unspecified atom stereocenters. The summed E-state index contributed by atoms with van der Waals surface area (Å²) in [7, 11) is 0. The van der Waals surface area contributed by atoms with Crippen LogP contribution in [0, 0.1) is 18.2 Å². The van der Waals surface area contributed by atoms with E-state index < -0.39 is 0 Å². The van der Waals surface area contributed by atoms with Crippen molar-refractivity contribution in [2.24, 2.45) is 5.41 Å². The standard InChI is InChI=1S/C14H20FNS/c1-10-12(15)5-4-6-13(10)16-11-7-14(2,3)9-17-8-11/h4-6,11,16H,7-9H2,1-3H3. The highest BCUT2D eigenvalue weighted by Gasteiger charge is 2.28. The molecule has 1 aliphatic rings. The Morgan fingerprint density at radius 2 is 2.18 bits per heavy atom. The van der Waals surface area contributed by atoms with Gasteiger partial charge in [0.05, 0.1) is 0 Å². The summed E-state index contributed by atoms with van der Waals surface area (Å²) in [5, 5.41) is 3.48. The summed E-state index contributed by atoms with van der Waals surface area (Å²) >= 11 is 1.98. The molecule has 0 aliphatic carbocycles. The van der Waals surface area contributed by atoms with Gasteiger partial charge in [0, 0.05) is 23.0 Å². The third-order valence-corrected chi connectivity index (χ3v) is 4.86. The molecular formula is C14H20FNS. The van der Waals surface area contributed by atoms with E-state index in [-0.39, 0.29) is 5.82 Å². The maximum absolute atomic E-state index is 13.4. The molecule has 3 heteroatoms. The topological polar surface area (TPSA) is 12.0 Å². The molecule has 1 nitrogen and oxygen atoms in total. The molecule has 1 aliphatic heterocycles. The highest BCUT2D eigenvalue weighted by molar-refractivity contribution is 7.99. The van der Waals surface area contributed by atoms with Gasteiger partial charge in [0.1, 0.15) is 5.82 Å². The van der Waals surface area contributed by atoms with E-state index in [0.717, 1.165) is 23.4 Å². The van der Waals surface area contributed by atoms with Crippen LogP contribution in [0.4, 0.5) is 10.1 Å². The Morgan fingerprint density at radius 3 is 2.88 bits per heavy atom. The largest absolute Gasteiger partial charge is 0.381 e. The van der Waals surface area contributed by atoms with Crippen LogP contribution in [0.5, 0.6) is 0 Å². The molecule has 0 aromatic heterocycles. The summed E-state index contributed by atoms with van der Waals surface area (Å²) < 4.78 is 13.4. The number of halogens is 1. The lowest BCUT2D eigenvalue weighted by Gasteiger charge is -2.35. The summed E-state index contributed by atoms with van der Waals surface area (Å²) in [6, 6.07) is 5.69. The number of benzene rings is 1. The first-order valence-electron chi connectivity index (χ1n) is 6.07. The van der Waals surface area contributed by atoms with Gasteiger partial charge < -0.3 is 5.32 Å². The van der Waals surface area contributed by atoms with Crippen molar-refractivity contribution >= 4 is 17.4 Å². The molecule has 94 valence electrons. The molecule has 1 saturated heterocycles. The van der Waals surface area contributed by atoms with E-state index in [2.05, 4.69) is 19.2 Å². The monoisotopic (exact) mass is 253 g/mol. The van der Waals surface area contributed by atoms with Crippen LogP contribution in [-0.4, -0.2) is 17.5 Å². The van der Waals surface area contributed by atoms with Crippen LogP contribution in [0.25, 0.3) is 0 Å². The van der Waals surface area contributed by atoms with Crippen molar-refractivity contribution in [1.82, 2.24) is 0 Å². The lowest BCUT2D eigenvalue weighted by molar-refractivity contribution is 0.358. The minimum Gasteiger partial charge on any atom is -0.381 e. The van der Waals surface area contributed by atoms with E-state index in [0.29, 0.717) is 11.5 Å². The Labute approximate surface area is 107 Å². The molecule has 17 heavy (non-hydrogen) atoms. The number of thioether (sulfide) groups is 1. The van der Waals surface area contributed by atoms with Gasteiger partial charge in [-0.3, -0.25) is 0 Å². The van der Waals surface area contributed by atoms with Crippen molar-refractivity contribution in [3.63, 3.8) is 0 Å². The second kappa shape index (κ2) is 4.89. The van der Waals surface area contributed by atoms with Gasteiger partial charge in [0.2, 0.25) is 0 Å². The highest BCUT2D eigenvalue weighted by Crippen LogP contribution is 2.35. The smallest absolute Gasteiger partial charge is 0.128 e. The maximum Gasteiger partial charge on any atom is 0.128 e. The van der Waals surface area contributed by atoms with Crippen LogP contribution in [0.3, 0.4) is 0 Å². The fourth-order valence-electron chi connectivity index (χ4n) is 2.34. The second-order valence-corrected chi connectivity index (χ2v) is 6.67. The number of nitrogens with one attached hydrogen (secondary N) is 1. The molecule has 1 aromatic carbocycles. The van der Waals surface area contributed by atoms with E-state index in [1.54, 1.807) is 6.07 Å². The SMILES string of the molecule is Cc1c(F)cccc1NC1CSCC(C)(C)C1. The van der Waals surface area contributed by atoms with Crippen molar-refractivity contribution in [3.05, 3.63) is 29.6 Å². The van der Waals surface area contributed by atoms with Crippen molar-refractivity contribution in [3.8, 4) is 0 Å². The van der Waals surface area contributed by atoms with Gasteiger partial charge in [-0.05, 0) is 36.6 Å². The molecular weight excluding hydrogens is 233 g/mol. The first kappa shape index (κ1) is 12.7. The van der Waals surface area contributed by atoms with Crippen LogP contribution in [0.1, 0.15) is 25.8 Å². The molecule has 1 fully saturated rings. The van der Waals surface area contributed by atoms with Gasteiger partial charge in [-0.2, -0.15) is 11.8 Å². The lowest BCUT2D eigenvalue weighted by atomic mass is 9.87. The van der Waals surface area contributed by atoms with Crippen LogP contribution in [0.15, 0.2) is 18.2 Å². The first-order chi connectivity index (χ1) is 7.98. The fourth-order valence-corrected chi connectivity index (χ4v) is 3.61. The molecule has 0 amide bonds. The van der Waals surface area contributed by atoms with Gasteiger partial charge in [-0.15, -0.1) is 0 Å². The molecule has 0 saturated carbocycles. The quantitative estimate of drug-likeness (QED) is 0.852. The fraction of sp³-hybridized carbons (Fsp3) is 0.571. The van der Waals surface area contributed by atoms with Gasteiger partial charge in [0.25, 0.3) is 0 Å². The van der Waals surface area contributed by atoms with Crippen LogP contribution >= 0.6 is 11.8 Å². The van der Waals surface area contributed by atoms with E-state index in [1.807, 2.05) is 24.8 Å². The van der Waals surface area contributed by atoms with Gasteiger partial charge in [0.15, 0.2) is 0 Å². The van der Waals surface area contributed by atoms with Crippen molar-refractivity contribution in [2.45, 2.75) is 33.2 Å². The van der Waals surface area contributed by atoms with Crippen LogP contribution in [-0.2, 0) is 0 Å². The highest BCUT2D eigenvalue weighted by atomic mass is 32.2. The van der Waals surface area contributed by atoms with E-state index >= 15 is 0 Å². The third kappa shape index (κ3) is 3.15. The average Bonchev–Trinajstić information content (AvgIpc) is 2.23. The zero-order valence-electron chi connectivity index (χ0n) is 10.7. The van der Waals surface area contributed by atoms with Crippen molar-refractivity contribution in [1.29, 1.82) is 0 Å². The predicted molar refractivity (Wildman–Crippen MR) is 74.3 cm³/mol. The van der Waals surface area contributed by atoms with Crippen LogP contribution in [0.2, 0.25) is 0 Å². The zero-order chi connectivity index (χ0) is 12.5. The van der Waals surface area contributed by atoms with Gasteiger partial charge in [-0.1, -0.05) is 19.9 Å². The predicted octanol–water partition coefficient (Wildman–Crippen LogP) is 4.08. The number of hydrogen-bond donors (Lipinski definition) is 1. The lowest BCUT2D eigenvalue weighted by Crippen LogP contribution is -2.35. The Morgan fingerprint density at radius 1 is 1.41 bits per heavy atom. The molecule has 1 aromatic rings. The molecule has 0 bridgehead atoms. The molecule has 2 rings (SSSR count).